The number of aliphatic hydroxyl groups is 2. The number of hydrogen-bond acceptors (Lipinski definition) is 9. The molecule has 4 rings (SSSR count). The highest BCUT2D eigenvalue weighted by atomic mass is 35.5. The number of aromatic nitrogens is 4. The van der Waals surface area contributed by atoms with Gasteiger partial charge in [-0.1, -0.05) is 0 Å². The van der Waals surface area contributed by atoms with E-state index in [0.717, 1.165) is 19.3 Å². The monoisotopic (exact) mass is 449 g/mol. The average molecular weight is 450 g/mol. The molecule has 29 heavy (non-hydrogen) atoms. The van der Waals surface area contributed by atoms with Crippen LogP contribution in [0.15, 0.2) is 6.20 Å². The van der Waals surface area contributed by atoms with Crippen LogP contribution >= 0.6 is 19.2 Å². The summed E-state index contributed by atoms with van der Waals surface area (Å²) in [6.07, 6.45) is -0.894. The fourth-order valence-corrected chi connectivity index (χ4v) is 3.81. The van der Waals surface area contributed by atoms with Crippen molar-refractivity contribution in [3.8, 4) is 0 Å². The van der Waals surface area contributed by atoms with Crippen molar-refractivity contribution in [1.82, 2.24) is 19.7 Å². The van der Waals surface area contributed by atoms with Crippen LogP contribution in [0.1, 0.15) is 25.5 Å². The summed E-state index contributed by atoms with van der Waals surface area (Å²) in [7, 11) is -4.35. The molecule has 14 heteroatoms. The molecule has 0 aromatic carbocycles. The predicted molar refractivity (Wildman–Crippen MR) is 100 cm³/mol. The Labute approximate surface area is 170 Å². The number of hydrogen-bond donors (Lipinski definition) is 5. The standard InChI is InChI=1S/C15H21ClN5O7P/c16-15-19-12(18-7-2-1-3-7)8-4-17-21(13(8)20-15)14-11(23)10(22)9(28-14)5-27-6-29(24,25)26/h4,7,9-11,14,22-23H,1-3,5-6H2,(H,18,19,20)(H2,24,25,26)/t9-,10-,11-,14-/m1/s1. The molecule has 3 heterocycles. The Morgan fingerprint density at radius 1 is 1.31 bits per heavy atom. The quantitative estimate of drug-likeness (QED) is 0.289. The second kappa shape index (κ2) is 8.05. The molecule has 2 aliphatic rings. The first kappa shape index (κ1) is 20.9. The smallest absolute Gasteiger partial charge is 0.350 e. The number of anilines is 1. The van der Waals surface area contributed by atoms with Gasteiger partial charge in [0, 0.05) is 6.04 Å². The highest BCUT2D eigenvalue weighted by Crippen LogP contribution is 2.36. The molecule has 1 saturated heterocycles. The number of halogens is 1. The van der Waals surface area contributed by atoms with Gasteiger partial charge in [0.05, 0.1) is 18.2 Å². The molecular formula is C15H21ClN5O7P. The molecule has 2 fully saturated rings. The highest BCUT2D eigenvalue weighted by Gasteiger charge is 2.45. The van der Waals surface area contributed by atoms with Gasteiger partial charge in [-0.3, -0.25) is 4.57 Å². The number of nitrogens with zero attached hydrogens (tertiary/aromatic N) is 4. The van der Waals surface area contributed by atoms with Crippen molar-refractivity contribution < 1.29 is 34.0 Å². The van der Waals surface area contributed by atoms with Crippen molar-refractivity contribution in [3.05, 3.63) is 11.5 Å². The molecule has 1 aliphatic heterocycles. The van der Waals surface area contributed by atoms with Gasteiger partial charge < -0.3 is 34.8 Å². The maximum absolute atomic E-state index is 10.9. The Morgan fingerprint density at radius 3 is 2.72 bits per heavy atom. The van der Waals surface area contributed by atoms with E-state index in [-0.39, 0.29) is 11.9 Å². The first-order chi connectivity index (χ1) is 13.7. The topological polar surface area (TPSA) is 172 Å². The lowest BCUT2D eigenvalue weighted by molar-refractivity contribution is -0.0658. The molecule has 160 valence electrons. The number of ether oxygens (including phenoxy) is 2. The van der Waals surface area contributed by atoms with Crippen molar-refractivity contribution in [3.63, 3.8) is 0 Å². The fourth-order valence-electron chi connectivity index (χ4n) is 3.30. The summed E-state index contributed by atoms with van der Waals surface area (Å²) >= 11 is 6.06. The Kier molecular flexibility index (Phi) is 5.79. The first-order valence-electron chi connectivity index (χ1n) is 9.04. The molecule has 4 atom stereocenters. The number of rotatable bonds is 7. The van der Waals surface area contributed by atoms with E-state index in [1.54, 1.807) is 0 Å². The largest absolute Gasteiger partial charge is 0.387 e. The van der Waals surface area contributed by atoms with Gasteiger partial charge in [-0.2, -0.15) is 15.1 Å². The van der Waals surface area contributed by atoms with Gasteiger partial charge in [0.1, 0.15) is 30.5 Å². The van der Waals surface area contributed by atoms with Crippen molar-refractivity contribution >= 4 is 36.0 Å². The Bertz CT molecular complexity index is 935. The van der Waals surface area contributed by atoms with Gasteiger partial charge >= 0.3 is 7.60 Å². The highest BCUT2D eigenvalue weighted by molar-refractivity contribution is 7.51. The minimum Gasteiger partial charge on any atom is -0.387 e. The Morgan fingerprint density at radius 2 is 2.07 bits per heavy atom. The van der Waals surface area contributed by atoms with Crippen molar-refractivity contribution in [1.29, 1.82) is 0 Å². The molecule has 0 radical (unpaired) electrons. The molecule has 5 N–H and O–H groups in total. The summed E-state index contributed by atoms with van der Waals surface area (Å²) in [4.78, 5) is 26.1. The third-order valence-corrected chi connectivity index (χ3v) is 5.68. The Hall–Kier alpha value is -1.37. The lowest BCUT2D eigenvalue weighted by Crippen LogP contribution is -2.34. The lowest BCUT2D eigenvalue weighted by atomic mass is 9.93. The molecule has 1 aliphatic carbocycles. The van der Waals surface area contributed by atoms with E-state index in [1.807, 2.05) is 0 Å². The zero-order valence-corrected chi connectivity index (χ0v) is 16.8. The van der Waals surface area contributed by atoms with Crippen LogP contribution in [0, 0.1) is 0 Å². The van der Waals surface area contributed by atoms with E-state index >= 15 is 0 Å². The minimum atomic E-state index is -4.35. The number of aliphatic hydroxyl groups excluding tert-OH is 2. The van der Waals surface area contributed by atoms with Gasteiger partial charge in [-0.25, -0.2) is 4.68 Å². The summed E-state index contributed by atoms with van der Waals surface area (Å²) in [5.74, 6) is 0.533. The molecule has 0 amide bonds. The number of fused-ring (bicyclic) bond motifs is 1. The molecule has 12 nitrogen and oxygen atoms in total. The Balaban J connectivity index is 1.55. The maximum Gasteiger partial charge on any atom is 0.350 e. The maximum atomic E-state index is 10.9. The van der Waals surface area contributed by atoms with Crippen LogP contribution in [0.5, 0.6) is 0 Å². The summed E-state index contributed by atoms with van der Waals surface area (Å²) in [6, 6.07) is 0.304. The predicted octanol–water partition coefficient (Wildman–Crippen LogP) is 0.215. The lowest BCUT2D eigenvalue weighted by Gasteiger charge is -2.27. The van der Waals surface area contributed by atoms with Crippen LogP contribution in [-0.4, -0.2) is 77.1 Å². The summed E-state index contributed by atoms with van der Waals surface area (Å²) in [5.41, 5.74) is 0.319. The van der Waals surface area contributed by atoms with Crippen molar-refractivity contribution in [2.75, 3.05) is 18.3 Å². The van der Waals surface area contributed by atoms with Crippen LogP contribution < -0.4 is 5.32 Å². The molecule has 1 saturated carbocycles. The SMILES string of the molecule is O=P(O)(O)COC[C@H]1O[C@@H](n2ncc3c(NC4CCC4)nc(Cl)nc32)[C@H](O)[C@@H]1O. The third kappa shape index (κ3) is 4.39. The summed E-state index contributed by atoms with van der Waals surface area (Å²) in [6.45, 7) is -0.316. The average Bonchev–Trinajstić information content (AvgIpc) is 3.13. The fraction of sp³-hybridized carbons (Fsp3) is 0.667. The van der Waals surface area contributed by atoms with Gasteiger partial charge in [0.25, 0.3) is 0 Å². The molecule has 0 unspecified atom stereocenters. The molecule has 2 aromatic heterocycles. The normalized spacial score (nSPS) is 28.0. The molecule has 0 bridgehead atoms. The van der Waals surface area contributed by atoms with Crippen LogP contribution in [0.4, 0.5) is 5.82 Å². The van der Waals surface area contributed by atoms with E-state index in [9.17, 15) is 14.8 Å². The van der Waals surface area contributed by atoms with Crippen molar-refractivity contribution in [2.24, 2.45) is 0 Å². The van der Waals surface area contributed by atoms with E-state index < -0.39 is 38.5 Å². The van der Waals surface area contributed by atoms with Gasteiger partial charge in [0.15, 0.2) is 11.9 Å². The summed E-state index contributed by atoms with van der Waals surface area (Å²) < 4.78 is 22.7. The summed E-state index contributed by atoms with van der Waals surface area (Å²) in [5, 5.41) is 28.8. The van der Waals surface area contributed by atoms with E-state index in [2.05, 4.69) is 20.4 Å². The van der Waals surface area contributed by atoms with Gasteiger partial charge in [0.2, 0.25) is 5.28 Å². The minimum absolute atomic E-state index is 0.00404. The second-order valence-corrected chi connectivity index (χ2v) is 9.08. The van der Waals surface area contributed by atoms with Gasteiger partial charge in [-0.15, -0.1) is 0 Å². The van der Waals surface area contributed by atoms with Crippen molar-refractivity contribution in [2.45, 2.75) is 49.8 Å². The van der Waals surface area contributed by atoms with E-state index in [4.69, 9.17) is 30.9 Å². The number of nitrogens with one attached hydrogen (secondary N) is 1. The van der Waals surface area contributed by atoms with E-state index in [1.165, 1.54) is 10.9 Å². The van der Waals surface area contributed by atoms with Crippen LogP contribution in [0.3, 0.4) is 0 Å². The van der Waals surface area contributed by atoms with Gasteiger partial charge in [-0.05, 0) is 30.9 Å². The molecule has 0 spiro atoms. The van der Waals surface area contributed by atoms with E-state index in [0.29, 0.717) is 22.9 Å². The van der Waals surface area contributed by atoms with Crippen LogP contribution in [0.2, 0.25) is 5.28 Å². The van der Waals surface area contributed by atoms with Crippen LogP contribution in [-0.2, 0) is 14.0 Å². The first-order valence-corrected chi connectivity index (χ1v) is 11.2. The van der Waals surface area contributed by atoms with Crippen LogP contribution in [0.25, 0.3) is 11.0 Å². The third-order valence-electron chi connectivity index (χ3n) is 4.99. The second-order valence-electron chi connectivity index (χ2n) is 7.15. The molecular weight excluding hydrogens is 429 g/mol. The molecule has 2 aromatic rings. The zero-order chi connectivity index (χ0) is 20.8. The zero-order valence-electron chi connectivity index (χ0n) is 15.1.